The minimum Gasteiger partial charge on any atom is -0.462 e. The Morgan fingerprint density at radius 1 is 1.16 bits per heavy atom. The number of amides is 1. The van der Waals surface area contributed by atoms with Gasteiger partial charge in [-0.15, -0.1) is 0 Å². The Labute approximate surface area is 266 Å². The lowest BCUT2D eigenvalue weighted by atomic mass is 9.88. The summed E-state index contributed by atoms with van der Waals surface area (Å²) in [7, 11) is 2.15. The number of rotatable bonds is 9. The van der Waals surface area contributed by atoms with Crippen LogP contribution < -0.4 is 19.9 Å². The monoisotopic (exact) mass is 608 g/mol. The molecule has 236 valence electrons. The SMILES string of the molecule is Cc1cccc2cccc(N3CCc4c(nc(OC[C@@H]5CCCN5C)nc4N4CCN(C=O)[C@@H](C(C#N)CC5(C)CN5)C4)C3)c12. The van der Waals surface area contributed by atoms with Crippen molar-refractivity contribution in [2.75, 3.05) is 62.7 Å². The van der Waals surface area contributed by atoms with Crippen molar-refractivity contribution in [1.29, 1.82) is 5.26 Å². The van der Waals surface area contributed by atoms with Crippen molar-refractivity contribution in [1.82, 2.24) is 25.1 Å². The van der Waals surface area contributed by atoms with Crippen LogP contribution in [0, 0.1) is 24.2 Å². The molecular weight excluding hydrogens is 564 g/mol. The number of piperazine rings is 1. The summed E-state index contributed by atoms with van der Waals surface area (Å²) in [6.45, 7) is 10.2. The highest BCUT2D eigenvalue weighted by Crippen LogP contribution is 2.37. The summed E-state index contributed by atoms with van der Waals surface area (Å²) in [6, 6.07) is 16.1. The predicted molar refractivity (Wildman–Crippen MR) is 176 cm³/mol. The Kier molecular flexibility index (Phi) is 8.00. The van der Waals surface area contributed by atoms with Gasteiger partial charge in [-0.2, -0.15) is 15.2 Å². The second-order valence-corrected chi connectivity index (χ2v) is 13.7. The highest BCUT2D eigenvalue weighted by molar-refractivity contribution is 5.97. The third kappa shape index (κ3) is 5.91. The molecule has 7 rings (SSSR count). The molecule has 1 N–H and O–H groups in total. The Morgan fingerprint density at radius 2 is 1.98 bits per heavy atom. The number of aryl methyl sites for hydroxylation is 1. The minimum absolute atomic E-state index is 0.0247. The fourth-order valence-corrected chi connectivity index (χ4v) is 7.60. The molecule has 1 amide bonds. The van der Waals surface area contributed by atoms with E-state index in [-0.39, 0.29) is 17.5 Å². The maximum absolute atomic E-state index is 12.2. The smallest absolute Gasteiger partial charge is 0.318 e. The number of anilines is 2. The first-order valence-corrected chi connectivity index (χ1v) is 16.4. The molecule has 3 aromatic rings. The average Bonchev–Trinajstić information content (AvgIpc) is 3.65. The molecule has 0 bridgehead atoms. The van der Waals surface area contributed by atoms with Gasteiger partial charge in [-0.3, -0.25) is 4.79 Å². The van der Waals surface area contributed by atoms with Gasteiger partial charge in [-0.25, -0.2) is 0 Å². The summed E-state index contributed by atoms with van der Waals surface area (Å²) in [4.78, 5) is 31.2. The van der Waals surface area contributed by atoms with Gasteiger partial charge in [0.05, 0.1) is 30.3 Å². The summed E-state index contributed by atoms with van der Waals surface area (Å²) < 4.78 is 6.36. The molecule has 0 spiro atoms. The van der Waals surface area contributed by atoms with Crippen molar-refractivity contribution in [3.8, 4) is 12.1 Å². The summed E-state index contributed by atoms with van der Waals surface area (Å²) >= 11 is 0. The van der Waals surface area contributed by atoms with E-state index in [0.717, 1.165) is 62.4 Å². The van der Waals surface area contributed by atoms with Crippen LogP contribution in [0.5, 0.6) is 6.01 Å². The van der Waals surface area contributed by atoms with Crippen LogP contribution in [0.2, 0.25) is 0 Å². The predicted octanol–water partition coefficient (Wildman–Crippen LogP) is 3.51. The fourth-order valence-electron chi connectivity index (χ4n) is 7.60. The highest BCUT2D eigenvalue weighted by Gasteiger charge is 2.43. The van der Waals surface area contributed by atoms with Gasteiger partial charge >= 0.3 is 6.01 Å². The average molecular weight is 609 g/mol. The molecule has 0 saturated carbocycles. The lowest BCUT2D eigenvalue weighted by molar-refractivity contribution is -0.121. The number of fused-ring (bicyclic) bond motifs is 2. The number of carbonyl (C=O) groups excluding carboxylic acids is 1. The van der Waals surface area contributed by atoms with E-state index in [2.05, 4.69) is 83.4 Å². The van der Waals surface area contributed by atoms with Crippen LogP contribution >= 0.6 is 0 Å². The molecule has 10 heteroatoms. The third-order valence-corrected chi connectivity index (χ3v) is 10.5. The zero-order valence-electron chi connectivity index (χ0n) is 26.7. The third-order valence-electron chi connectivity index (χ3n) is 10.5. The van der Waals surface area contributed by atoms with Crippen LogP contribution in [0.25, 0.3) is 10.8 Å². The van der Waals surface area contributed by atoms with Gasteiger partial charge in [-0.1, -0.05) is 30.3 Å². The van der Waals surface area contributed by atoms with Gasteiger partial charge in [0.15, 0.2) is 0 Å². The maximum Gasteiger partial charge on any atom is 0.318 e. The Bertz CT molecular complexity index is 1610. The van der Waals surface area contributed by atoms with Crippen LogP contribution in [-0.4, -0.2) is 96.7 Å². The first kappa shape index (κ1) is 29.8. The summed E-state index contributed by atoms with van der Waals surface area (Å²) in [5, 5.41) is 16.1. The van der Waals surface area contributed by atoms with Crippen molar-refractivity contribution < 1.29 is 9.53 Å². The van der Waals surface area contributed by atoms with E-state index in [1.54, 1.807) is 0 Å². The first-order chi connectivity index (χ1) is 21.9. The molecule has 2 aromatic carbocycles. The van der Waals surface area contributed by atoms with Gasteiger partial charge in [0.2, 0.25) is 6.41 Å². The highest BCUT2D eigenvalue weighted by atomic mass is 16.5. The topological polar surface area (TPSA) is 111 Å². The van der Waals surface area contributed by atoms with Gasteiger partial charge in [0.25, 0.3) is 0 Å². The number of hydrogen-bond donors (Lipinski definition) is 1. The molecule has 3 fully saturated rings. The molecule has 0 aliphatic carbocycles. The van der Waals surface area contributed by atoms with Crippen LogP contribution in [0.3, 0.4) is 0 Å². The molecule has 5 heterocycles. The Balaban J connectivity index is 1.22. The number of ether oxygens (including phenoxy) is 1. The minimum atomic E-state index is -0.269. The maximum atomic E-state index is 12.2. The molecule has 1 aromatic heterocycles. The lowest BCUT2D eigenvalue weighted by Gasteiger charge is -2.43. The van der Waals surface area contributed by atoms with Crippen LogP contribution in [0.1, 0.15) is 43.0 Å². The van der Waals surface area contributed by atoms with Crippen molar-refractivity contribution in [3.63, 3.8) is 0 Å². The van der Waals surface area contributed by atoms with Crippen LogP contribution in [0.4, 0.5) is 11.5 Å². The standard InChI is InChI=1S/C35H44N8O2/c1-24-7-4-8-25-9-5-11-30(32(24)25)41-14-12-28-29(19-41)38-34(45-21-27-10-6-13-40(27)3)39-33(28)42-15-16-43(23-44)31(20-42)26(18-36)17-35(2)22-37-35/h4-5,7-9,11,23,26-27,31,37H,6,10,12-17,19-22H2,1-3H3/t26?,27-,31+,35?/m0/s1. The Morgan fingerprint density at radius 3 is 2.71 bits per heavy atom. The number of likely N-dealkylation sites (N-methyl/N-ethyl adjacent to an activating group) is 1. The van der Waals surface area contributed by atoms with E-state index < -0.39 is 0 Å². The number of nitrogens with zero attached hydrogens (tertiary/aromatic N) is 7. The van der Waals surface area contributed by atoms with Crippen molar-refractivity contribution >= 4 is 28.7 Å². The summed E-state index contributed by atoms with van der Waals surface area (Å²) in [6.07, 6.45) is 4.73. The van der Waals surface area contributed by atoms with Crippen molar-refractivity contribution in [3.05, 3.63) is 53.2 Å². The molecule has 4 atom stereocenters. The van der Waals surface area contributed by atoms with E-state index in [1.807, 2.05) is 4.90 Å². The largest absolute Gasteiger partial charge is 0.462 e. The van der Waals surface area contributed by atoms with Crippen molar-refractivity contribution in [2.45, 2.75) is 63.7 Å². The van der Waals surface area contributed by atoms with Crippen LogP contribution in [-0.2, 0) is 17.8 Å². The second-order valence-electron chi connectivity index (χ2n) is 13.7. The number of benzene rings is 2. The molecule has 45 heavy (non-hydrogen) atoms. The molecule has 3 saturated heterocycles. The quantitative estimate of drug-likeness (QED) is 0.288. The second kappa shape index (κ2) is 12.1. The van der Waals surface area contributed by atoms with Gasteiger partial charge < -0.3 is 29.7 Å². The van der Waals surface area contributed by atoms with E-state index in [0.29, 0.717) is 44.8 Å². The molecule has 0 radical (unpaired) electrons. The molecule has 4 aliphatic heterocycles. The zero-order chi connectivity index (χ0) is 31.1. The summed E-state index contributed by atoms with van der Waals surface area (Å²) in [5.41, 5.74) is 4.61. The fraction of sp³-hybridized carbons (Fsp3) is 0.543. The zero-order valence-corrected chi connectivity index (χ0v) is 26.7. The molecule has 2 unspecified atom stereocenters. The number of likely N-dealkylation sites (tertiary alicyclic amines) is 1. The molecular formula is C35H44N8O2. The van der Waals surface area contributed by atoms with Crippen molar-refractivity contribution in [2.24, 2.45) is 5.92 Å². The number of carbonyl (C=O) groups is 1. The number of nitrogens with one attached hydrogen (secondary N) is 1. The number of nitriles is 1. The van der Waals surface area contributed by atoms with E-state index in [4.69, 9.17) is 14.7 Å². The number of hydrogen-bond acceptors (Lipinski definition) is 9. The molecule has 4 aliphatic rings. The van der Waals surface area contributed by atoms with E-state index in [1.165, 1.54) is 28.4 Å². The lowest BCUT2D eigenvalue weighted by Crippen LogP contribution is -2.56. The van der Waals surface area contributed by atoms with Crippen LogP contribution in [0.15, 0.2) is 36.4 Å². The van der Waals surface area contributed by atoms with E-state index >= 15 is 0 Å². The summed E-state index contributed by atoms with van der Waals surface area (Å²) in [5.74, 6) is 0.626. The van der Waals surface area contributed by atoms with Gasteiger partial charge in [0.1, 0.15) is 12.4 Å². The Hall–Kier alpha value is -3.94. The van der Waals surface area contributed by atoms with E-state index in [9.17, 15) is 10.1 Å². The number of aromatic nitrogens is 2. The first-order valence-electron chi connectivity index (χ1n) is 16.4. The van der Waals surface area contributed by atoms with Gasteiger partial charge in [0, 0.05) is 60.9 Å². The van der Waals surface area contributed by atoms with Gasteiger partial charge in [-0.05, 0) is 70.1 Å². The molecule has 10 nitrogen and oxygen atoms in total. The normalized spacial score (nSPS) is 25.6.